The highest BCUT2D eigenvalue weighted by molar-refractivity contribution is 7.86. The smallest absolute Gasteiger partial charge is 0.277 e. The molecule has 0 spiro atoms. The van der Waals surface area contributed by atoms with Crippen molar-refractivity contribution in [3.05, 3.63) is 40.1 Å². The summed E-state index contributed by atoms with van der Waals surface area (Å²) in [4.78, 5) is 10.4. The van der Waals surface area contributed by atoms with Crippen molar-refractivity contribution in [3.63, 3.8) is 0 Å². The van der Waals surface area contributed by atoms with E-state index in [1.54, 1.807) is 10.7 Å². The van der Waals surface area contributed by atoms with E-state index >= 15 is 4.39 Å². The Morgan fingerprint density at radius 2 is 2.00 bits per heavy atom. The van der Waals surface area contributed by atoms with Gasteiger partial charge in [0.15, 0.2) is 5.65 Å². The van der Waals surface area contributed by atoms with E-state index in [4.69, 9.17) is 27.2 Å². The second kappa shape index (κ2) is 8.52. The number of hydrogen-bond acceptors (Lipinski definition) is 8. The third-order valence-electron chi connectivity index (χ3n) is 6.68. The molecule has 0 bridgehead atoms. The fourth-order valence-corrected chi connectivity index (χ4v) is 5.81. The first kappa shape index (κ1) is 24.1. The minimum absolute atomic E-state index is 0.0363. The van der Waals surface area contributed by atoms with Gasteiger partial charge in [-0.15, -0.1) is 0 Å². The van der Waals surface area contributed by atoms with Crippen LogP contribution in [0.4, 0.5) is 10.2 Å². The standard InChI is InChI=1S/C21H26ClFN8O3S/c1-10-5-29(13-6-30(7-13)35(25,32)33)8-15-18(23)16(22)4-14(19(15)34-10)12(3)31-21-17(11(2)28-31)20(24)26-9-27-21/h4,9-10,12-13H,5-8H2,1-3H3,(H2,24,26,27)(H2,25,32,33). The van der Waals surface area contributed by atoms with Gasteiger partial charge in [0.2, 0.25) is 0 Å². The molecule has 1 fully saturated rings. The van der Waals surface area contributed by atoms with Crippen molar-refractivity contribution in [2.45, 2.75) is 45.5 Å². The van der Waals surface area contributed by atoms with Crippen LogP contribution in [0.2, 0.25) is 5.02 Å². The van der Waals surface area contributed by atoms with E-state index in [1.165, 1.54) is 10.6 Å². The molecule has 3 aromatic rings. The van der Waals surface area contributed by atoms with Gasteiger partial charge in [0.05, 0.1) is 22.1 Å². The number of anilines is 1. The molecule has 35 heavy (non-hydrogen) atoms. The molecule has 14 heteroatoms. The van der Waals surface area contributed by atoms with E-state index in [1.807, 2.05) is 25.7 Å². The molecular weight excluding hydrogens is 499 g/mol. The Kier molecular flexibility index (Phi) is 5.87. The van der Waals surface area contributed by atoms with Crippen LogP contribution in [-0.4, -0.2) is 69.2 Å². The van der Waals surface area contributed by atoms with Crippen molar-refractivity contribution in [1.29, 1.82) is 0 Å². The van der Waals surface area contributed by atoms with Crippen LogP contribution in [0.5, 0.6) is 5.75 Å². The lowest BCUT2D eigenvalue weighted by molar-refractivity contribution is 0.0583. The van der Waals surface area contributed by atoms with Crippen LogP contribution < -0.4 is 15.6 Å². The molecule has 2 aliphatic heterocycles. The number of nitrogens with two attached hydrogens (primary N) is 2. The first-order chi connectivity index (χ1) is 16.5. The Morgan fingerprint density at radius 3 is 2.69 bits per heavy atom. The summed E-state index contributed by atoms with van der Waals surface area (Å²) >= 11 is 6.35. The van der Waals surface area contributed by atoms with Gasteiger partial charge in [0.1, 0.15) is 29.8 Å². The number of benzene rings is 1. The van der Waals surface area contributed by atoms with Crippen molar-refractivity contribution in [2.24, 2.45) is 5.14 Å². The van der Waals surface area contributed by atoms with E-state index < -0.39 is 22.1 Å². The third kappa shape index (κ3) is 4.10. The zero-order valence-electron chi connectivity index (χ0n) is 19.4. The van der Waals surface area contributed by atoms with Gasteiger partial charge in [-0.2, -0.15) is 17.8 Å². The molecule has 5 rings (SSSR count). The molecule has 188 valence electrons. The number of hydrogen-bond donors (Lipinski definition) is 2. The minimum atomic E-state index is -3.75. The monoisotopic (exact) mass is 524 g/mol. The first-order valence-corrected chi connectivity index (χ1v) is 13.0. The molecule has 4 heterocycles. The number of aryl methyl sites for hydroxylation is 1. The molecule has 2 aromatic heterocycles. The molecule has 0 aliphatic carbocycles. The number of ether oxygens (including phenoxy) is 1. The SMILES string of the molecule is Cc1nn(C(C)c2cc(Cl)c(F)c3c2OC(C)CN(C2CN(S(N)(=O)=O)C2)C3)c2ncnc(N)c12. The highest BCUT2D eigenvalue weighted by Crippen LogP contribution is 2.41. The summed E-state index contributed by atoms with van der Waals surface area (Å²) in [5.41, 5.74) is 8.25. The van der Waals surface area contributed by atoms with E-state index in [9.17, 15) is 8.42 Å². The summed E-state index contributed by atoms with van der Waals surface area (Å²) in [6.45, 7) is 6.79. The molecule has 0 amide bonds. The molecule has 2 atom stereocenters. The molecule has 2 aliphatic rings. The quantitative estimate of drug-likeness (QED) is 0.523. The summed E-state index contributed by atoms with van der Waals surface area (Å²) in [6.07, 6.45) is 1.08. The average Bonchev–Trinajstić information content (AvgIpc) is 2.97. The Morgan fingerprint density at radius 1 is 1.29 bits per heavy atom. The normalized spacial score (nSPS) is 20.8. The molecule has 2 unspecified atom stereocenters. The van der Waals surface area contributed by atoms with Crippen LogP contribution in [0, 0.1) is 12.7 Å². The second-order valence-electron chi connectivity index (χ2n) is 9.11. The maximum Gasteiger partial charge on any atom is 0.277 e. The zero-order valence-corrected chi connectivity index (χ0v) is 21.0. The van der Waals surface area contributed by atoms with Gasteiger partial charge in [0.25, 0.3) is 10.2 Å². The fourth-order valence-electron chi connectivity index (χ4n) is 4.82. The van der Waals surface area contributed by atoms with Crippen LogP contribution in [0.3, 0.4) is 0 Å². The molecular formula is C21H26ClFN8O3S. The molecule has 1 saturated heterocycles. The molecule has 0 saturated carbocycles. The van der Waals surface area contributed by atoms with Gasteiger partial charge in [-0.3, -0.25) is 4.90 Å². The molecule has 1 aromatic carbocycles. The first-order valence-electron chi connectivity index (χ1n) is 11.1. The van der Waals surface area contributed by atoms with Crippen LogP contribution in [0.25, 0.3) is 11.0 Å². The topological polar surface area (TPSA) is 145 Å². The van der Waals surface area contributed by atoms with Gasteiger partial charge in [-0.05, 0) is 26.8 Å². The maximum atomic E-state index is 15.3. The van der Waals surface area contributed by atoms with Crippen molar-refractivity contribution in [1.82, 2.24) is 29.0 Å². The number of halogens is 2. The number of aromatic nitrogens is 4. The molecule has 0 radical (unpaired) electrons. The number of nitrogens with zero attached hydrogens (tertiary/aromatic N) is 6. The molecule has 11 nitrogen and oxygen atoms in total. The molecule has 4 N–H and O–H groups in total. The van der Waals surface area contributed by atoms with Gasteiger partial charge >= 0.3 is 0 Å². The van der Waals surface area contributed by atoms with Crippen LogP contribution >= 0.6 is 11.6 Å². The Labute approximate surface area is 207 Å². The number of rotatable bonds is 4. The fraction of sp³-hybridized carbons (Fsp3) is 0.476. The van der Waals surface area contributed by atoms with E-state index in [-0.39, 0.29) is 36.8 Å². The number of fused-ring (bicyclic) bond motifs is 2. The second-order valence-corrected chi connectivity index (χ2v) is 11.1. The Bertz CT molecular complexity index is 1430. The maximum absolute atomic E-state index is 15.3. The summed E-state index contributed by atoms with van der Waals surface area (Å²) < 4.78 is 47.7. The van der Waals surface area contributed by atoms with Crippen molar-refractivity contribution in [3.8, 4) is 5.75 Å². The lowest BCUT2D eigenvalue weighted by Gasteiger charge is -2.43. The van der Waals surface area contributed by atoms with Crippen LogP contribution in [0.1, 0.15) is 36.7 Å². The van der Waals surface area contributed by atoms with Crippen molar-refractivity contribution in [2.75, 3.05) is 25.4 Å². The summed E-state index contributed by atoms with van der Waals surface area (Å²) in [7, 11) is -3.75. The Balaban J connectivity index is 1.55. The highest BCUT2D eigenvalue weighted by atomic mass is 35.5. The van der Waals surface area contributed by atoms with Crippen molar-refractivity contribution < 1.29 is 17.5 Å². The van der Waals surface area contributed by atoms with Gasteiger partial charge in [0, 0.05) is 43.3 Å². The highest BCUT2D eigenvalue weighted by Gasteiger charge is 2.40. The minimum Gasteiger partial charge on any atom is -0.489 e. The van der Waals surface area contributed by atoms with Crippen molar-refractivity contribution >= 4 is 38.7 Å². The van der Waals surface area contributed by atoms with E-state index in [2.05, 4.69) is 15.1 Å². The van der Waals surface area contributed by atoms with Gasteiger partial charge in [-0.1, -0.05) is 11.6 Å². The number of nitrogen functional groups attached to an aromatic ring is 1. The zero-order chi connectivity index (χ0) is 25.2. The summed E-state index contributed by atoms with van der Waals surface area (Å²) in [5, 5.41) is 10.5. The summed E-state index contributed by atoms with van der Waals surface area (Å²) in [6, 6.07) is 1.04. The van der Waals surface area contributed by atoms with E-state index in [0.717, 1.165) is 0 Å². The lowest BCUT2D eigenvalue weighted by Crippen LogP contribution is -2.62. The lowest BCUT2D eigenvalue weighted by atomic mass is 10.0. The van der Waals surface area contributed by atoms with Crippen LogP contribution in [-0.2, 0) is 16.8 Å². The summed E-state index contributed by atoms with van der Waals surface area (Å²) in [5.74, 6) is 0.171. The predicted octanol–water partition coefficient (Wildman–Crippen LogP) is 1.59. The largest absolute Gasteiger partial charge is 0.489 e. The predicted molar refractivity (Wildman–Crippen MR) is 129 cm³/mol. The van der Waals surface area contributed by atoms with E-state index in [0.29, 0.717) is 46.0 Å². The Hall–Kier alpha value is -2.58. The van der Waals surface area contributed by atoms with Crippen LogP contribution in [0.15, 0.2) is 12.4 Å². The van der Waals surface area contributed by atoms with Gasteiger partial charge in [-0.25, -0.2) is 24.2 Å². The average molecular weight is 525 g/mol. The third-order valence-corrected chi connectivity index (χ3v) is 7.97. The van der Waals surface area contributed by atoms with Gasteiger partial charge < -0.3 is 10.5 Å².